The summed E-state index contributed by atoms with van der Waals surface area (Å²) in [7, 11) is 0. The van der Waals surface area contributed by atoms with Gasteiger partial charge < -0.3 is 15.5 Å². The minimum atomic E-state index is 0.100. The van der Waals surface area contributed by atoms with Crippen molar-refractivity contribution in [2.24, 2.45) is 0 Å². The fraction of sp³-hybridized carbons (Fsp3) is 0.0769. The Morgan fingerprint density at radius 1 is 0.812 bits per heavy atom. The summed E-state index contributed by atoms with van der Waals surface area (Å²) in [6, 6.07) is 14.4. The van der Waals surface area contributed by atoms with Crippen molar-refractivity contribution >= 4 is 5.69 Å². The molecule has 0 aliphatic carbocycles. The van der Waals surface area contributed by atoms with Crippen LogP contribution in [0.5, 0.6) is 11.5 Å². The van der Waals surface area contributed by atoms with Crippen molar-refractivity contribution in [2.45, 2.75) is 6.54 Å². The molecule has 0 unspecified atom stereocenters. The summed E-state index contributed by atoms with van der Waals surface area (Å²) >= 11 is 0. The van der Waals surface area contributed by atoms with Crippen LogP contribution in [0.25, 0.3) is 0 Å². The maximum Gasteiger partial charge on any atom is 0.124 e. The molecule has 2 rings (SSSR count). The van der Waals surface area contributed by atoms with Gasteiger partial charge in [-0.1, -0.05) is 24.3 Å². The number of phenols is 2. The van der Waals surface area contributed by atoms with E-state index in [2.05, 4.69) is 5.32 Å². The second kappa shape index (κ2) is 4.57. The normalized spacial score (nSPS) is 10.0. The lowest BCUT2D eigenvalue weighted by atomic mass is 10.1. The molecule has 16 heavy (non-hydrogen) atoms. The van der Waals surface area contributed by atoms with Crippen LogP contribution in [0.3, 0.4) is 0 Å². The van der Waals surface area contributed by atoms with Gasteiger partial charge in [-0.3, -0.25) is 0 Å². The Bertz CT molecular complexity index is 448. The number of phenolic OH excluding ortho intramolecular Hbond substituents is 2. The van der Waals surface area contributed by atoms with Crippen LogP contribution >= 0.6 is 0 Å². The van der Waals surface area contributed by atoms with E-state index in [0.717, 1.165) is 5.69 Å². The first-order valence-corrected chi connectivity index (χ1v) is 5.06. The van der Waals surface area contributed by atoms with Crippen LogP contribution in [0.15, 0.2) is 48.5 Å². The Morgan fingerprint density at radius 2 is 1.44 bits per heavy atom. The molecule has 3 N–H and O–H groups in total. The Morgan fingerprint density at radius 3 is 2.06 bits per heavy atom. The Labute approximate surface area is 94.0 Å². The van der Waals surface area contributed by atoms with Gasteiger partial charge in [0.2, 0.25) is 0 Å². The van der Waals surface area contributed by atoms with E-state index in [-0.39, 0.29) is 11.5 Å². The number of aromatic hydroxyl groups is 2. The third-order valence-electron chi connectivity index (χ3n) is 2.37. The van der Waals surface area contributed by atoms with Crippen LogP contribution in [0.2, 0.25) is 0 Å². The first-order chi connectivity index (χ1) is 7.77. The summed E-state index contributed by atoms with van der Waals surface area (Å²) in [6.07, 6.45) is 0. The molecule has 0 saturated heterocycles. The van der Waals surface area contributed by atoms with E-state index >= 15 is 0 Å². The quantitative estimate of drug-likeness (QED) is 0.737. The molecule has 0 atom stereocenters. The second-order valence-electron chi connectivity index (χ2n) is 3.49. The number of nitrogens with one attached hydrogen (secondary N) is 1. The maximum atomic E-state index is 9.57. The van der Waals surface area contributed by atoms with E-state index < -0.39 is 0 Å². The fourth-order valence-corrected chi connectivity index (χ4v) is 1.49. The Kier molecular flexibility index (Phi) is 2.96. The van der Waals surface area contributed by atoms with Crippen molar-refractivity contribution in [3.8, 4) is 11.5 Å². The predicted molar refractivity (Wildman–Crippen MR) is 63.5 cm³/mol. The van der Waals surface area contributed by atoms with Gasteiger partial charge in [0, 0.05) is 12.2 Å². The zero-order valence-electron chi connectivity index (χ0n) is 8.72. The standard InChI is InChI=1S/C13H13NO2/c15-12-7-4-8-13(16)11(12)9-14-10-5-2-1-3-6-10/h1-8,14-16H,9H2. The molecule has 0 bridgehead atoms. The van der Waals surface area contributed by atoms with Crippen molar-refractivity contribution in [3.63, 3.8) is 0 Å². The highest BCUT2D eigenvalue weighted by Gasteiger charge is 2.05. The van der Waals surface area contributed by atoms with E-state index in [0.29, 0.717) is 12.1 Å². The average molecular weight is 215 g/mol. The van der Waals surface area contributed by atoms with Crippen molar-refractivity contribution in [1.29, 1.82) is 0 Å². The van der Waals surface area contributed by atoms with Crippen LogP contribution in [0.1, 0.15) is 5.56 Å². The van der Waals surface area contributed by atoms with Crippen LogP contribution < -0.4 is 5.32 Å². The summed E-state index contributed by atoms with van der Waals surface area (Å²) in [5, 5.41) is 22.3. The first-order valence-electron chi connectivity index (χ1n) is 5.06. The minimum absolute atomic E-state index is 0.100. The first kappa shape index (κ1) is 10.4. The van der Waals surface area contributed by atoms with Gasteiger partial charge in [-0.25, -0.2) is 0 Å². The van der Waals surface area contributed by atoms with E-state index in [1.54, 1.807) is 18.2 Å². The third-order valence-corrected chi connectivity index (χ3v) is 2.37. The molecule has 0 heterocycles. The number of anilines is 1. The summed E-state index contributed by atoms with van der Waals surface area (Å²) < 4.78 is 0. The van der Waals surface area contributed by atoms with Gasteiger partial charge >= 0.3 is 0 Å². The minimum Gasteiger partial charge on any atom is -0.507 e. The lowest BCUT2D eigenvalue weighted by molar-refractivity contribution is 0.440. The molecule has 0 aliphatic heterocycles. The summed E-state index contributed by atoms with van der Waals surface area (Å²) in [5.41, 5.74) is 1.46. The highest BCUT2D eigenvalue weighted by Crippen LogP contribution is 2.26. The van der Waals surface area contributed by atoms with E-state index in [9.17, 15) is 10.2 Å². The van der Waals surface area contributed by atoms with Crippen LogP contribution in [-0.2, 0) is 6.54 Å². The second-order valence-corrected chi connectivity index (χ2v) is 3.49. The molecule has 3 nitrogen and oxygen atoms in total. The number of rotatable bonds is 3. The number of benzene rings is 2. The Balaban J connectivity index is 2.11. The van der Waals surface area contributed by atoms with E-state index in [1.807, 2.05) is 30.3 Å². The van der Waals surface area contributed by atoms with Crippen molar-refractivity contribution in [1.82, 2.24) is 0 Å². The maximum absolute atomic E-state index is 9.57. The Hall–Kier alpha value is -2.16. The molecule has 82 valence electrons. The molecule has 0 aromatic heterocycles. The van der Waals surface area contributed by atoms with Gasteiger partial charge in [-0.15, -0.1) is 0 Å². The van der Waals surface area contributed by atoms with Crippen LogP contribution in [0, 0.1) is 0 Å². The van der Waals surface area contributed by atoms with Crippen molar-refractivity contribution in [3.05, 3.63) is 54.1 Å². The smallest absolute Gasteiger partial charge is 0.124 e. The zero-order chi connectivity index (χ0) is 11.4. The molecular weight excluding hydrogens is 202 g/mol. The summed E-state index contributed by atoms with van der Waals surface area (Å²) in [4.78, 5) is 0. The predicted octanol–water partition coefficient (Wildman–Crippen LogP) is 2.71. The molecule has 0 amide bonds. The fourth-order valence-electron chi connectivity index (χ4n) is 1.49. The van der Waals surface area contributed by atoms with E-state index in [1.165, 1.54) is 0 Å². The SMILES string of the molecule is Oc1cccc(O)c1CNc1ccccc1. The lowest BCUT2D eigenvalue weighted by Gasteiger charge is -2.09. The monoisotopic (exact) mass is 215 g/mol. The number of hydrogen-bond donors (Lipinski definition) is 3. The number of para-hydroxylation sites is 1. The molecule has 2 aromatic carbocycles. The van der Waals surface area contributed by atoms with Gasteiger partial charge in [0.25, 0.3) is 0 Å². The molecule has 0 saturated carbocycles. The molecule has 0 spiro atoms. The molecule has 0 aliphatic rings. The van der Waals surface area contributed by atoms with Crippen molar-refractivity contribution < 1.29 is 10.2 Å². The van der Waals surface area contributed by atoms with Crippen molar-refractivity contribution in [2.75, 3.05) is 5.32 Å². The highest BCUT2D eigenvalue weighted by atomic mass is 16.3. The van der Waals surface area contributed by atoms with Gasteiger partial charge in [0.15, 0.2) is 0 Å². The average Bonchev–Trinajstić information content (AvgIpc) is 2.30. The van der Waals surface area contributed by atoms with Gasteiger partial charge in [-0.05, 0) is 24.3 Å². The topological polar surface area (TPSA) is 52.5 Å². The summed E-state index contributed by atoms with van der Waals surface area (Å²) in [6.45, 7) is 0.391. The molecule has 3 heteroatoms. The van der Waals surface area contributed by atoms with E-state index in [4.69, 9.17) is 0 Å². The lowest BCUT2D eigenvalue weighted by Crippen LogP contribution is -1.99. The zero-order valence-corrected chi connectivity index (χ0v) is 8.72. The van der Waals surface area contributed by atoms with Gasteiger partial charge in [0.05, 0.1) is 5.56 Å². The van der Waals surface area contributed by atoms with Crippen LogP contribution in [-0.4, -0.2) is 10.2 Å². The van der Waals surface area contributed by atoms with Crippen LogP contribution in [0.4, 0.5) is 5.69 Å². The highest BCUT2D eigenvalue weighted by molar-refractivity contribution is 5.48. The molecule has 0 fully saturated rings. The third kappa shape index (κ3) is 2.25. The van der Waals surface area contributed by atoms with Gasteiger partial charge in [-0.2, -0.15) is 0 Å². The largest absolute Gasteiger partial charge is 0.507 e. The molecule has 0 radical (unpaired) electrons. The summed E-state index contributed by atoms with van der Waals surface area (Å²) in [5.74, 6) is 0.201. The van der Waals surface area contributed by atoms with Gasteiger partial charge in [0.1, 0.15) is 11.5 Å². The number of hydrogen-bond acceptors (Lipinski definition) is 3. The molecule has 2 aromatic rings. The molecular formula is C13H13NO2.